The highest BCUT2D eigenvalue weighted by atomic mass is 19.3. The van der Waals surface area contributed by atoms with Gasteiger partial charge in [-0.15, -0.1) is 0 Å². The SMILES string of the molecule is CCOc1ncc(C(CC)n2ncnc2C(=O)O)nc1-c1cccc(OC(F)F)c1. The molecule has 11 heteroatoms. The first-order chi connectivity index (χ1) is 14.4. The highest BCUT2D eigenvalue weighted by molar-refractivity contribution is 5.83. The fourth-order valence-corrected chi connectivity index (χ4v) is 2.94. The Balaban J connectivity index is 2.08. The summed E-state index contributed by atoms with van der Waals surface area (Å²) < 4.78 is 36.4. The van der Waals surface area contributed by atoms with Crippen molar-refractivity contribution in [1.82, 2.24) is 24.7 Å². The van der Waals surface area contributed by atoms with E-state index in [9.17, 15) is 18.7 Å². The first-order valence-electron chi connectivity index (χ1n) is 9.12. The molecule has 30 heavy (non-hydrogen) atoms. The number of carboxylic acid groups (broad SMARTS) is 1. The van der Waals surface area contributed by atoms with E-state index < -0.39 is 18.6 Å². The Morgan fingerprint density at radius 1 is 1.27 bits per heavy atom. The molecule has 1 unspecified atom stereocenters. The molecule has 9 nitrogen and oxygen atoms in total. The molecule has 1 N–H and O–H groups in total. The minimum absolute atomic E-state index is 0.0337. The van der Waals surface area contributed by atoms with E-state index in [0.29, 0.717) is 30.0 Å². The van der Waals surface area contributed by atoms with Crippen LogP contribution in [0.1, 0.15) is 42.6 Å². The van der Waals surface area contributed by atoms with Gasteiger partial charge in [0.15, 0.2) is 0 Å². The third-order valence-corrected chi connectivity index (χ3v) is 4.16. The molecule has 3 rings (SSSR count). The minimum atomic E-state index is -2.96. The summed E-state index contributed by atoms with van der Waals surface area (Å²) in [5, 5.41) is 13.4. The van der Waals surface area contributed by atoms with Gasteiger partial charge in [0, 0.05) is 5.56 Å². The Labute approximate surface area is 170 Å². The van der Waals surface area contributed by atoms with Crippen LogP contribution in [0.4, 0.5) is 8.78 Å². The van der Waals surface area contributed by atoms with Gasteiger partial charge in [-0.2, -0.15) is 13.9 Å². The van der Waals surface area contributed by atoms with Gasteiger partial charge in [0.1, 0.15) is 17.8 Å². The van der Waals surface area contributed by atoms with Gasteiger partial charge in [-0.3, -0.25) is 0 Å². The number of hydrogen-bond donors (Lipinski definition) is 1. The standard InChI is InChI=1S/C19H19F2N5O4/c1-3-14(26-16(18(27)28)23-10-24-26)13-9-22-17(29-4-2)15(25-13)11-6-5-7-12(8-11)30-19(20)21/h5-10,14,19H,3-4H2,1-2H3,(H,27,28). The molecule has 0 aliphatic rings. The molecule has 3 aromatic rings. The van der Waals surface area contributed by atoms with Gasteiger partial charge < -0.3 is 14.6 Å². The number of ether oxygens (including phenoxy) is 2. The van der Waals surface area contributed by atoms with Crippen LogP contribution in [0.25, 0.3) is 11.3 Å². The van der Waals surface area contributed by atoms with Gasteiger partial charge in [0.2, 0.25) is 11.7 Å². The molecule has 0 aliphatic heterocycles. The Kier molecular flexibility index (Phi) is 6.50. The number of carbonyl (C=O) groups is 1. The predicted molar refractivity (Wildman–Crippen MR) is 101 cm³/mol. The van der Waals surface area contributed by atoms with Crippen molar-refractivity contribution < 1.29 is 28.2 Å². The average Bonchev–Trinajstić information content (AvgIpc) is 3.19. The van der Waals surface area contributed by atoms with Crippen molar-refractivity contribution in [1.29, 1.82) is 0 Å². The fourth-order valence-electron chi connectivity index (χ4n) is 2.94. The molecule has 0 saturated heterocycles. The van der Waals surface area contributed by atoms with Crippen molar-refractivity contribution in [2.75, 3.05) is 6.61 Å². The van der Waals surface area contributed by atoms with Gasteiger partial charge in [0.05, 0.1) is 24.5 Å². The zero-order chi connectivity index (χ0) is 21.7. The molecule has 2 heterocycles. The zero-order valence-electron chi connectivity index (χ0n) is 16.2. The average molecular weight is 419 g/mol. The molecule has 0 amide bonds. The van der Waals surface area contributed by atoms with E-state index in [2.05, 4.69) is 24.8 Å². The molecule has 0 spiro atoms. The largest absolute Gasteiger partial charge is 0.476 e. The van der Waals surface area contributed by atoms with Crippen LogP contribution < -0.4 is 9.47 Å². The second kappa shape index (κ2) is 9.25. The molecule has 0 radical (unpaired) electrons. The lowest BCUT2D eigenvalue weighted by Gasteiger charge is -2.18. The summed E-state index contributed by atoms with van der Waals surface area (Å²) in [6, 6.07) is 5.46. The predicted octanol–water partition coefficient (Wildman–Crippen LogP) is 3.43. The van der Waals surface area contributed by atoms with Crippen molar-refractivity contribution in [2.24, 2.45) is 0 Å². The Morgan fingerprint density at radius 3 is 2.73 bits per heavy atom. The maximum atomic E-state index is 12.6. The Morgan fingerprint density at radius 2 is 2.07 bits per heavy atom. The summed E-state index contributed by atoms with van der Waals surface area (Å²) in [7, 11) is 0. The van der Waals surface area contributed by atoms with Gasteiger partial charge in [-0.25, -0.2) is 24.4 Å². The summed E-state index contributed by atoms with van der Waals surface area (Å²) in [6.07, 6.45) is 3.08. The third-order valence-electron chi connectivity index (χ3n) is 4.16. The van der Waals surface area contributed by atoms with Crippen LogP contribution in [-0.4, -0.2) is 49.0 Å². The number of rotatable bonds is 9. The molecule has 0 fully saturated rings. The molecule has 158 valence electrons. The monoisotopic (exact) mass is 419 g/mol. The van der Waals surface area contributed by atoms with Crippen molar-refractivity contribution in [2.45, 2.75) is 32.9 Å². The van der Waals surface area contributed by atoms with Crippen LogP contribution in [0.2, 0.25) is 0 Å². The second-order valence-electron chi connectivity index (χ2n) is 6.05. The number of hydrogen-bond acceptors (Lipinski definition) is 7. The van der Waals surface area contributed by atoms with E-state index in [1.807, 2.05) is 6.92 Å². The topological polar surface area (TPSA) is 112 Å². The lowest BCUT2D eigenvalue weighted by atomic mass is 10.1. The second-order valence-corrected chi connectivity index (χ2v) is 6.05. The molecule has 0 bridgehead atoms. The quantitative estimate of drug-likeness (QED) is 0.561. The van der Waals surface area contributed by atoms with Gasteiger partial charge in [-0.05, 0) is 25.5 Å². The first kappa shape index (κ1) is 21.1. The van der Waals surface area contributed by atoms with Crippen LogP contribution in [-0.2, 0) is 0 Å². The highest BCUT2D eigenvalue weighted by Gasteiger charge is 2.24. The molecule has 1 atom stereocenters. The van der Waals surface area contributed by atoms with Crippen LogP contribution in [0, 0.1) is 0 Å². The summed E-state index contributed by atoms with van der Waals surface area (Å²) in [5.74, 6) is -1.27. The van der Waals surface area contributed by atoms with Gasteiger partial charge >= 0.3 is 12.6 Å². The van der Waals surface area contributed by atoms with E-state index >= 15 is 0 Å². The van der Waals surface area contributed by atoms with Crippen LogP contribution in [0.5, 0.6) is 11.6 Å². The van der Waals surface area contributed by atoms with E-state index in [0.717, 1.165) is 6.33 Å². The fraction of sp³-hybridized carbons (Fsp3) is 0.316. The number of alkyl halides is 2. The molecular weight excluding hydrogens is 400 g/mol. The van der Waals surface area contributed by atoms with E-state index in [-0.39, 0.29) is 17.5 Å². The van der Waals surface area contributed by atoms with E-state index in [4.69, 9.17) is 4.74 Å². The van der Waals surface area contributed by atoms with Crippen molar-refractivity contribution in [3.63, 3.8) is 0 Å². The van der Waals surface area contributed by atoms with E-state index in [1.54, 1.807) is 19.1 Å². The Hall–Kier alpha value is -3.63. The first-order valence-corrected chi connectivity index (χ1v) is 9.12. The number of nitrogens with zero attached hydrogens (tertiary/aromatic N) is 5. The van der Waals surface area contributed by atoms with Crippen molar-refractivity contribution >= 4 is 5.97 Å². The lowest BCUT2D eigenvalue weighted by molar-refractivity contribution is -0.0498. The molecule has 0 aliphatic carbocycles. The molecular formula is C19H19F2N5O4. The van der Waals surface area contributed by atoms with Crippen molar-refractivity contribution in [3.05, 3.63) is 48.3 Å². The maximum Gasteiger partial charge on any atom is 0.387 e. The smallest absolute Gasteiger partial charge is 0.387 e. The summed E-state index contributed by atoms with van der Waals surface area (Å²) in [6.45, 7) is 0.971. The number of aromatic nitrogens is 5. The number of aromatic carboxylic acids is 1. The minimum Gasteiger partial charge on any atom is -0.476 e. The summed E-state index contributed by atoms with van der Waals surface area (Å²) in [4.78, 5) is 24.1. The highest BCUT2D eigenvalue weighted by Crippen LogP contribution is 2.32. The van der Waals surface area contributed by atoms with E-state index in [1.165, 1.54) is 23.0 Å². The number of benzene rings is 1. The molecule has 0 saturated carbocycles. The molecule has 1 aromatic carbocycles. The molecule has 2 aromatic heterocycles. The van der Waals surface area contributed by atoms with Crippen LogP contribution in [0.15, 0.2) is 36.8 Å². The number of carboxylic acids is 1. The van der Waals surface area contributed by atoms with Crippen LogP contribution in [0.3, 0.4) is 0 Å². The van der Waals surface area contributed by atoms with Crippen molar-refractivity contribution in [3.8, 4) is 22.9 Å². The Bertz CT molecular complexity index is 1030. The maximum absolute atomic E-state index is 12.6. The summed E-state index contributed by atoms with van der Waals surface area (Å²) >= 11 is 0. The summed E-state index contributed by atoms with van der Waals surface area (Å²) in [5.41, 5.74) is 1.19. The third kappa shape index (κ3) is 4.50. The lowest BCUT2D eigenvalue weighted by Crippen LogP contribution is -2.19. The number of halogens is 2. The van der Waals surface area contributed by atoms with Gasteiger partial charge in [-0.1, -0.05) is 19.1 Å². The van der Waals surface area contributed by atoms with Gasteiger partial charge in [0.25, 0.3) is 0 Å². The van der Waals surface area contributed by atoms with Crippen LogP contribution >= 0.6 is 0 Å². The zero-order valence-corrected chi connectivity index (χ0v) is 16.2. The normalized spacial score (nSPS) is 12.0.